The van der Waals surface area contributed by atoms with Gasteiger partial charge in [0.2, 0.25) is 0 Å². The van der Waals surface area contributed by atoms with Gasteiger partial charge >= 0.3 is 0 Å². The van der Waals surface area contributed by atoms with Gasteiger partial charge in [-0.15, -0.1) is 22.7 Å². The standard InChI is InChI=1S/C24H16N2S2/c1-3-7-17(8-4-1)21-15-25-23(27-21)19-11-13-20(14-12-19)24-26-16-22(28-24)18-9-5-2-6-10-18/h1-16H. The Balaban J connectivity index is 1.40. The molecule has 28 heavy (non-hydrogen) atoms. The molecule has 0 saturated carbocycles. The Bertz CT molecular complexity index is 1090. The topological polar surface area (TPSA) is 25.8 Å². The Morgan fingerprint density at radius 1 is 0.429 bits per heavy atom. The van der Waals surface area contributed by atoms with Crippen LogP contribution in [0.2, 0.25) is 0 Å². The van der Waals surface area contributed by atoms with Crippen molar-refractivity contribution in [3.05, 3.63) is 97.3 Å². The molecule has 134 valence electrons. The third kappa shape index (κ3) is 3.40. The fourth-order valence-electron chi connectivity index (χ4n) is 3.04. The van der Waals surface area contributed by atoms with E-state index in [1.165, 1.54) is 20.9 Å². The number of rotatable bonds is 4. The monoisotopic (exact) mass is 396 g/mol. The molecule has 0 aliphatic heterocycles. The molecule has 0 bridgehead atoms. The van der Waals surface area contributed by atoms with Gasteiger partial charge in [-0.1, -0.05) is 84.9 Å². The van der Waals surface area contributed by atoms with Crippen LogP contribution in [0, 0.1) is 0 Å². The molecule has 2 nitrogen and oxygen atoms in total. The summed E-state index contributed by atoms with van der Waals surface area (Å²) in [5.74, 6) is 0. The van der Waals surface area contributed by atoms with Crippen molar-refractivity contribution in [1.82, 2.24) is 9.97 Å². The van der Waals surface area contributed by atoms with Gasteiger partial charge in [-0.25, -0.2) is 9.97 Å². The van der Waals surface area contributed by atoms with Crippen molar-refractivity contribution in [2.75, 3.05) is 0 Å². The molecule has 4 heteroatoms. The zero-order valence-electron chi connectivity index (χ0n) is 14.9. The average Bonchev–Trinajstić information content (AvgIpc) is 3.46. The van der Waals surface area contributed by atoms with Crippen LogP contribution < -0.4 is 0 Å². The SMILES string of the molecule is c1ccc(-c2cnc(-c3ccc(-c4ncc(-c5ccccc5)s4)cc3)s2)cc1. The second-order valence-corrected chi connectivity index (χ2v) is 8.43. The van der Waals surface area contributed by atoms with E-state index >= 15 is 0 Å². The summed E-state index contributed by atoms with van der Waals surface area (Å²) in [6.45, 7) is 0. The molecule has 0 amide bonds. The van der Waals surface area contributed by atoms with Crippen molar-refractivity contribution in [3.8, 4) is 42.0 Å². The lowest BCUT2D eigenvalue weighted by atomic mass is 10.1. The van der Waals surface area contributed by atoms with E-state index in [0.717, 1.165) is 21.1 Å². The van der Waals surface area contributed by atoms with Crippen molar-refractivity contribution in [3.63, 3.8) is 0 Å². The van der Waals surface area contributed by atoms with Crippen LogP contribution in [0.4, 0.5) is 0 Å². The van der Waals surface area contributed by atoms with E-state index < -0.39 is 0 Å². The lowest BCUT2D eigenvalue weighted by molar-refractivity contribution is 1.40. The largest absolute Gasteiger partial charge is 0.244 e. The maximum atomic E-state index is 4.61. The Morgan fingerprint density at radius 2 is 0.821 bits per heavy atom. The van der Waals surface area contributed by atoms with E-state index in [-0.39, 0.29) is 0 Å². The van der Waals surface area contributed by atoms with Crippen LogP contribution in [0.3, 0.4) is 0 Å². The van der Waals surface area contributed by atoms with Gasteiger partial charge in [0.05, 0.1) is 9.75 Å². The van der Waals surface area contributed by atoms with Crippen LogP contribution in [0.15, 0.2) is 97.3 Å². The van der Waals surface area contributed by atoms with Crippen LogP contribution in [0.25, 0.3) is 42.0 Å². The van der Waals surface area contributed by atoms with Gasteiger partial charge in [0, 0.05) is 23.5 Å². The molecule has 3 aromatic carbocycles. The predicted octanol–water partition coefficient (Wildman–Crippen LogP) is 7.27. The number of hydrogen-bond donors (Lipinski definition) is 0. The average molecular weight is 397 g/mol. The van der Waals surface area contributed by atoms with Gasteiger partial charge in [-0.2, -0.15) is 0 Å². The Hall–Kier alpha value is -3.08. The summed E-state index contributed by atoms with van der Waals surface area (Å²) in [5, 5.41) is 2.07. The predicted molar refractivity (Wildman–Crippen MR) is 120 cm³/mol. The van der Waals surface area contributed by atoms with Gasteiger partial charge in [0.1, 0.15) is 10.0 Å². The number of thiazole rings is 2. The first-order chi connectivity index (χ1) is 13.9. The van der Waals surface area contributed by atoms with Crippen LogP contribution in [-0.4, -0.2) is 9.97 Å². The number of hydrogen-bond acceptors (Lipinski definition) is 4. The zero-order valence-corrected chi connectivity index (χ0v) is 16.6. The Morgan fingerprint density at radius 3 is 1.21 bits per heavy atom. The van der Waals surface area contributed by atoms with Crippen LogP contribution >= 0.6 is 22.7 Å². The molecule has 0 aliphatic carbocycles. The van der Waals surface area contributed by atoms with E-state index in [2.05, 4.69) is 82.8 Å². The Kier molecular flexibility index (Phi) is 4.57. The molecule has 0 unspecified atom stereocenters. The molecule has 5 aromatic rings. The zero-order chi connectivity index (χ0) is 18.8. The van der Waals surface area contributed by atoms with Crippen molar-refractivity contribution in [1.29, 1.82) is 0 Å². The summed E-state index contributed by atoms with van der Waals surface area (Å²) in [4.78, 5) is 11.6. The quantitative estimate of drug-likeness (QED) is 0.319. The second-order valence-electron chi connectivity index (χ2n) is 6.37. The lowest BCUT2D eigenvalue weighted by Crippen LogP contribution is -1.78. The van der Waals surface area contributed by atoms with Crippen molar-refractivity contribution < 1.29 is 0 Å². The van der Waals surface area contributed by atoms with Gasteiger partial charge in [-0.3, -0.25) is 0 Å². The summed E-state index contributed by atoms with van der Waals surface area (Å²) in [6, 6.07) is 29.3. The minimum absolute atomic E-state index is 1.04. The summed E-state index contributed by atoms with van der Waals surface area (Å²) in [6.07, 6.45) is 3.91. The van der Waals surface area contributed by atoms with E-state index in [9.17, 15) is 0 Å². The number of benzene rings is 3. The first-order valence-corrected chi connectivity index (χ1v) is 10.6. The number of aromatic nitrogens is 2. The molecule has 5 rings (SSSR count). The summed E-state index contributed by atoms with van der Waals surface area (Å²) in [5.41, 5.74) is 4.68. The fraction of sp³-hybridized carbons (Fsp3) is 0. The van der Waals surface area contributed by atoms with Crippen molar-refractivity contribution in [2.24, 2.45) is 0 Å². The summed E-state index contributed by atoms with van der Waals surface area (Å²) < 4.78 is 0. The lowest BCUT2D eigenvalue weighted by Gasteiger charge is -1.99. The molecule has 0 N–H and O–H groups in total. The van der Waals surface area contributed by atoms with Crippen LogP contribution in [-0.2, 0) is 0 Å². The maximum Gasteiger partial charge on any atom is 0.123 e. The highest BCUT2D eigenvalue weighted by molar-refractivity contribution is 7.18. The molecule has 0 radical (unpaired) electrons. The Labute approximate surface area is 171 Å². The molecule has 2 aromatic heterocycles. The van der Waals surface area contributed by atoms with Gasteiger partial charge in [0.25, 0.3) is 0 Å². The van der Waals surface area contributed by atoms with E-state index in [0.29, 0.717) is 0 Å². The maximum absolute atomic E-state index is 4.61. The van der Waals surface area contributed by atoms with Gasteiger partial charge < -0.3 is 0 Å². The minimum atomic E-state index is 1.04. The molecule has 0 fully saturated rings. The fourth-order valence-corrected chi connectivity index (χ4v) is 4.90. The van der Waals surface area contributed by atoms with E-state index in [1.807, 2.05) is 24.5 Å². The van der Waals surface area contributed by atoms with E-state index in [1.54, 1.807) is 22.7 Å². The van der Waals surface area contributed by atoms with Crippen molar-refractivity contribution in [2.45, 2.75) is 0 Å². The van der Waals surface area contributed by atoms with Crippen LogP contribution in [0.1, 0.15) is 0 Å². The minimum Gasteiger partial charge on any atom is -0.244 e. The summed E-state index contributed by atoms with van der Waals surface area (Å²) >= 11 is 3.44. The molecule has 0 atom stereocenters. The van der Waals surface area contributed by atoms with Gasteiger partial charge in [-0.05, 0) is 11.1 Å². The molecular formula is C24H16N2S2. The first-order valence-electron chi connectivity index (χ1n) is 9.00. The number of nitrogens with zero attached hydrogens (tertiary/aromatic N) is 2. The van der Waals surface area contributed by atoms with E-state index in [4.69, 9.17) is 0 Å². The highest BCUT2D eigenvalue weighted by atomic mass is 32.1. The summed E-state index contributed by atoms with van der Waals surface area (Å²) in [7, 11) is 0. The highest BCUT2D eigenvalue weighted by Gasteiger charge is 2.09. The van der Waals surface area contributed by atoms with Gasteiger partial charge in [0.15, 0.2) is 0 Å². The third-order valence-electron chi connectivity index (χ3n) is 4.51. The smallest absolute Gasteiger partial charge is 0.123 e. The molecule has 0 aliphatic rings. The molecule has 0 spiro atoms. The third-order valence-corrected chi connectivity index (χ3v) is 6.70. The molecule has 2 heterocycles. The molecule has 0 saturated heterocycles. The first kappa shape index (κ1) is 17.0. The second kappa shape index (κ2) is 7.50. The van der Waals surface area contributed by atoms with Crippen molar-refractivity contribution >= 4 is 22.7 Å². The highest BCUT2D eigenvalue weighted by Crippen LogP contribution is 2.35. The normalized spacial score (nSPS) is 10.9. The van der Waals surface area contributed by atoms with Crippen LogP contribution in [0.5, 0.6) is 0 Å². The molecular weight excluding hydrogens is 380 g/mol.